The Morgan fingerprint density at radius 2 is 1.82 bits per heavy atom. The lowest BCUT2D eigenvalue weighted by molar-refractivity contribution is -0.308. The second-order valence-corrected chi connectivity index (χ2v) is 10.9. The van der Waals surface area contributed by atoms with E-state index >= 15 is 0 Å². The summed E-state index contributed by atoms with van der Waals surface area (Å²) in [6.07, 6.45) is -5.59. The molecule has 1 aromatic heterocycles. The van der Waals surface area contributed by atoms with Gasteiger partial charge in [0.2, 0.25) is 5.91 Å². The number of thiazole rings is 1. The van der Waals surface area contributed by atoms with E-state index in [1.807, 2.05) is 20.8 Å². The minimum absolute atomic E-state index is 0.0480. The van der Waals surface area contributed by atoms with E-state index in [9.17, 15) is 38.8 Å². The summed E-state index contributed by atoms with van der Waals surface area (Å²) in [6, 6.07) is 1.66. The van der Waals surface area contributed by atoms with Crippen LogP contribution in [0.2, 0.25) is 0 Å². The Kier molecular flexibility index (Phi) is 9.86. The highest BCUT2D eigenvalue weighted by molar-refractivity contribution is 7.07. The molecular formula is C24H31F2N3O8S. The fraction of sp³-hybridized carbons (Fsp3) is 0.542. The van der Waals surface area contributed by atoms with Crippen LogP contribution in [0.25, 0.3) is 0 Å². The number of rotatable bonds is 9. The van der Waals surface area contributed by atoms with E-state index in [4.69, 9.17) is 9.47 Å². The van der Waals surface area contributed by atoms with Gasteiger partial charge in [-0.25, -0.2) is 8.78 Å². The lowest BCUT2D eigenvalue weighted by atomic mass is 9.92. The third-order valence-electron chi connectivity index (χ3n) is 5.56. The summed E-state index contributed by atoms with van der Waals surface area (Å²) in [4.78, 5) is 29.1. The molecule has 1 fully saturated rings. The first-order valence-electron chi connectivity index (χ1n) is 11.7. The molecule has 11 nitrogen and oxygen atoms in total. The lowest BCUT2D eigenvalue weighted by Crippen LogP contribution is -2.59. The molecule has 3 rings (SSSR count). The Hall–Kier alpha value is -2.59. The fourth-order valence-electron chi connectivity index (χ4n) is 3.63. The molecule has 210 valence electrons. The van der Waals surface area contributed by atoms with E-state index in [2.05, 4.69) is 10.3 Å². The second kappa shape index (κ2) is 12.5. The van der Waals surface area contributed by atoms with Crippen molar-refractivity contribution in [3.05, 3.63) is 45.7 Å². The van der Waals surface area contributed by atoms with E-state index < -0.39 is 72.9 Å². The van der Waals surface area contributed by atoms with E-state index in [0.29, 0.717) is 4.80 Å². The van der Waals surface area contributed by atoms with E-state index in [-0.39, 0.29) is 24.1 Å². The molecule has 1 aliphatic heterocycles. The Morgan fingerprint density at radius 1 is 1.16 bits per heavy atom. The van der Waals surface area contributed by atoms with Crippen molar-refractivity contribution in [2.75, 3.05) is 18.5 Å². The molecule has 0 saturated carbocycles. The van der Waals surface area contributed by atoms with Gasteiger partial charge in [-0.2, -0.15) is 0 Å². The molecule has 1 aromatic carbocycles. The summed E-state index contributed by atoms with van der Waals surface area (Å²) in [5.41, 5.74) is -1.28. The predicted molar refractivity (Wildman–Crippen MR) is 131 cm³/mol. The normalized spacial score (nSPS) is 24.4. The molecular weight excluding hydrogens is 528 g/mol. The predicted octanol–water partition coefficient (Wildman–Crippen LogP) is 0.760. The first-order chi connectivity index (χ1) is 17.8. The third kappa shape index (κ3) is 7.50. The van der Waals surface area contributed by atoms with Crippen LogP contribution >= 0.6 is 11.3 Å². The van der Waals surface area contributed by atoms with Crippen LogP contribution in [0, 0.1) is 17.0 Å². The fourth-order valence-corrected chi connectivity index (χ4v) is 4.35. The first-order valence-corrected chi connectivity index (χ1v) is 12.6. The topological polar surface area (TPSA) is 163 Å². The molecule has 38 heavy (non-hydrogen) atoms. The molecule has 1 amide bonds. The number of nitrogens with one attached hydrogen (secondary N) is 1. The van der Waals surface area contributed by atoms with Crippen molar-refractivity contribution < 1.29 is 48.3 Å². The highest BCUT2D eigenvalue weighted by Crippen LogP contribution is 2.25. The SMILES string of the molecule is CC(C)(C)CC(=O)Nc1c(F)cc(C(=O)CN=c2sccn2COC2O[C@H](CO)[C@@H](O)[C@H](O)[C@H]2O)cc1F. The van der Waals surface area contributed by atoms with Gasteiger partial charge in [-0.1, -0.05) is 20.8 Å². The molecule has 0 aliphatic carbocycles. The lowest BCUT2D eigenvalue weighted by Gasteiger charge is -2.39. The van der Waals surface area contributed by atoms with Gasteiger partial charge in [0.15, 0.2) is 16.9 Å². The van der Waals surface area contributed by atoms with Crippen molar-refractivity contribution in [1.29, 1.82) is 0 Å². The molecule has 0 spiro atoms. The molecule has 1 aliphatic rings. The number of benzene rings is 1. The van der Waals surface area contributed by atoms with Gasteiger partial charge in [-0.05, 0) is 17.5 Å². The smallest absolute Gasteiger partial charge is 0.225 e. The van der Waals surface area contributed by atoms with E-state index in [0.717, 1.165) is 23.5 Å². The highest BCUT2D eigenvalue weighted by Gasteiger charge is 2.44. The molecule has 1 saturated heterocycles. The Labute approximate surface area is 221 Å². The van der Waals surface area contributed by atoms with Crippen LogP contribution < -0.4 is 10.1 Å². The highest BCUT2D eigenvalue weighted by atomic mass is 32.1. The van der Waals surface area contributed by atoms with E-state index in [1.165, 1.54) is 4.57 Å². The van der Waals surface area contributed by atoms with Crippen LogP contribution in [-0.2, 0) is 21.0 Å². The van der Waals surface area contributed by atoms with Crippen molar-refractivity contribution in [2.24, 2.45) is 10.4 Å². The number of carbonyl (C=O) groups excluding carboxylic acids is 2. The molecule has 14 heteroatoms. The average Bonchev–Trinajstić information content (AvgIpc) is 3.29. The number of halogens is 2. The van der Waals surface area contributed by atoms with Crippen molar-refractivity contribution >= 4 is 28.7 Å². The summed E-state index contributed by atoms with van der Waals surface area (Å²) < 4.78 is 41.2. The van der Waals surface area contributed by atoms with Crippen molar-refractivity contribution in [3.8, 4) is 0 Å². The summed E-state index contributed by atoms with van der Waals surface area (Å²) in [5.74, 6) is -3.41. The Bertz CT molecular complexity index is 1190. The number of Topliss-reactive ketones (excluding diaryl/α,β-unsaturated/α-hetero) is 1. The van der Waals surface area contributed by atoms with Crippen LogP contribution in [0.5, 0.6) is 0 Å². The maximum absolute atomic E-state index is 14.5. The van der Waals surface area contributed by atoms with Gasteiger partial charge in [-0.3, -0.25) is 19.1 Å². The number of nitrogens with zero attached hydrogens (tertiary/aromatic N) is 2. The van der Waals surface area contributed by atoms with Crippen molar-refractivity contribution in [1.82, 2.24) is 4.57 Å². The van der Waals surface area contributed by atoms with Gasteiger partial charge in [0.1, 0.15) is 55.0 Å². The van der Waals surface area contributed by atoms with Gasteiger partial charge >= 0.3 is 0 Å². The van der Waals surface area contributed by atoms with Gasteiger partial charge < -0.3 is 35.2 Å². The minimum atomic E-state index is -1.60. The standard InChI is InChI=1S/C24H31F2N3O8S/c1-24(2,3)8-17(32)28-18-13(25)6-12(7-14(18)26)15(31)9-27-23-29(4-5-38-23)11-36-22-21(35)20(34)19(33)16(10-30)37-22/h4-7,16,19-22,30,33-35H,8-11H2,1-3H3,(H,28,32)/t16-,19-,20+,21-,22?/m1/s1. The average molecular weight is 560 g/mol. The summed E-state index contributed by atoms with van der Waals surface area (Å²) in [6.45, 7) is 4.14. The molecule has 1 unspecified atom stereocenters. The molecule has 0 bridgehead atoms. The number of hydrogen-bond acceptors (Lipinski definition) is 10. The van der Waals surface area contributed by atoms with Crippen molar-refractivity contribution in [3.63, 3.8) is 0 Å². The zero-order valence-corrected chi connectivity index (χ0v) is 21.8. The number of hydrogen-bond donors (Lipinski definition) is 5. The van der Waals surface area contributed by atoms with Crippen LogP contribution in [0.1, 0.15) is 37.6 Å². The second-order valence-electron chi connectivity index (χ2n) is 9.99. The number of anilines is 1. The maximum atomic E-state index is 14.5. The minimum Gasteiger partial charge on any atom is -0.394 e. The van der Waals surface area contributed by atoms with Crippen LogP contribution in [-0.4, -0.2) is 80.5 Å². The molecule has 0 radical (unpaired) electrons. The van der Waals surface area contributed by atoms with Crippen molar-refractivity contribution in [2.45, 2.75) is 64.6 Å². The van der Waals surface area contributed by atoms with Crippen LogP contribution in [0.4, 0.5) is 14.5 Å². The summed E-state index contributed by atoms with van der Waals surface area (Å²) >= 11 is 1.14. The van der Waals surface area contributed by atoms with Gasteiger partial charge in [-0.15, -0.1) is 11.3 Å². The summed E-state index contributed by atoms with van der Waals surface area (Å²) in [7, 11) is 0. The molecule has 2 aromatic rings. The monoisotopic (exact) mass is 559 g/mol. The number of carbonyl (C=O) groups is 2. The largest absolute Gasteiger partial charge is 0.394 e. The number of aliphatic hydroxyl groups is 4. The van der Waals surface area contributed by atoms with Crippen LogP contribution in [0.3, 0.4) is 0 Å². The zero-order chi connectivity index (χ0) is 28.2. The first kappa shape index (κ1) is 30.0. The van der Waals surface area contributed by atoms with Crippen LogP contribution in [0.15, 0.2) is 28.7 Å². The zero-order valence-electron chi connectivity index (χ0n) is 21.0. The quantitative estimate of drug-likeness (QED) is 0.281. The number of aromatic nitrogens is 1. The number of amides is 1. The van der Waals surface area contributed by atoms with Gasteiger partial charge in [0.25, 0.3) is 0 Å². The Morgan fingerprint density at radius 3 is 2.42 bits per heavy atom. The van der Waals surface area contributed by atoms with Gasteiger partial charge in [0.05, 0.1) is 6.61 Å². The summed E-state index contributed by atoms with van der Waals surface area (Å²) in [5, 5.41) is 42.9. The Balaban J connectivity index is 1.66. The molecule has 5 N–H and O–H groups in total. The van der Waals surface area contributed by atoms with Gasteiger partial charge in [0, 0.05) is 23.6 Å². The number of ether oxygens (including phenoxy) is 2. The third-order valence-corrected chi connectivity index (χ3v) is 6.40. The molecule has 2 heterocycles. The number of ketones is 1. The molecule has 5 atom stereocenters. The van der Waals surface area contributed by atoms with E-state index in [1.54, 1.807) is 11.6 Å². The number of aliphatic hydroxyl groups excluding tert-OH is 4. The maximum Gasteiger partial charge on any atom is 0.225 e.